The van der Waals surface area contributed by atoms with Gasteiger partial charge in [0.05, 0.1) is 45.6 Å². The second kappa shape index (κ2) is 11.8. The Bertz CT molecular complexity index is 3140. The number of para-hydroxylation sites is 5. The van der Waals surface area contributed by atoms with Crippen molar-refractivity contribution >= 4 is 71.2 Å². The van der Waals surface area contributed by atoms with E-state index in [4.69, 9.17) is 11.0 Å². The van der Waals surface area contributed by atoms with Crippen molar-refractivity contribution in [1.29, 1.82) is 5.26 Å². The van der Waals surface area contributed by atoms with Crippen LogP contribution in [-0.4, -0.2) is 9.13 Å². The van der Waals surface area contributed by atoms with Gasteiger partial charge in [-0.2, -0.15) is 5.26 Å². The molecule has 0 amide bonds. The molecule has 55 heavy (non-hydrogen) atoms. The van der Waals surface area contributed by atoms with E-state index >= 15 is 0 Å². The second-order valence-corrected chi connectivity index (χ2v) is 13.9. The molecule has 0 unspecified atom stereocenters. The minimum absolute atomic E-state index is 0.586. The van der Waals surface area contributed by atoms with Gasteiger partial charge in [-0.1, -0.05) is 109 Å². The van der Waals surface area contributed by atoms with Gasteiger partial charge in [0.1, 0.15) is 17.2 Å². The molecule has 254 valence electrons. The van der Waals surface area contributed by atoms with Crippen molar-refractivity contribution in [2.45, 2.75) is 0 Å². The maximum atomic E-state index is 10.8. The van der Waals surface area contributed by atoms with E-state index in [2.05, 4.69) is 105 Å². The highest BCUT2D eigenvalue weighted by molar-refractivity contribution is 6.12. The van der Waals surface area contributed by atoms with Crippen molar-refractivity contribution in [1.82, 2.24) is 9.13 Å². The van der Waals surface area contributed by atoms with Gasteiger partial charge in [-0.3, -0.25) is 0 Å². The molecule has 0 spiro atoms. The Kier molecular flexibility index (Phi) is 6.61. The topological polar surface area (TPSA) is 51.1 Å². The van der Waals surface area contributed by atoms with Crippen LogP contribution >= 0.6 is 0 Å². The van der Waals surface area contributed by atoms with Crippen molar-refractivity contribution in [3.05, 3.63) is 187 Å². The van der Waals surface area contributed by atoms with Crippen molar-refractivity contribution < 1.29 is 4.42 Å². The molecule has 3 aromatic heterocycles. The number of hydrogen-bond acceptors (Lipinski definition) is 2. The Labute approximate surface area is 315 Å². The van der Waals surface area contributed by atoms with E-state index in [9.17, 15) is 5.26 Å². The first-order valence-corrected chi connectivity index (χ1v) is 18.2. The van der Waals surface area contributed by atoms with Crippen molar-refractivity contribution in [3.63, 3.8) is 0 Å². The zero-order chi connectivity index (χ0) is 36.6. The molecular weight excluding hydrogens is 673 g/mol. The van der Waals surface area contributed by atoms with Crippen LogP contribution in [0, 0.1) is 17.9 Å². The third kappa shape index (κ3) is 4.45. The molecule has 0 atom stereocenters. The number of furan rings is 1. The standard InChI is InChI=1S/C50H28N4O/c1-52-50-34(17-11-23-47(50)54-44-20-8-4-14-37(44)38-15-5-9-21-45(38)54)32-25-27-49-40(29-32)39-28-31(24-26-48(39)55-49)33-16-10-22-46(41(33)30-51)53-42-18-6-2-12-35(42)36-13-3-7-19-43(36)53/h2-29H. The molecule has 0 aliphatic rings. The summed E-state index contributed by atoms with van der Waals surface area (Å²) in [7, 11) is 0. The van der Waals surface area contributed by atoms with E-state index in [1.54, 1.807) is 0 Å². The second-order valence-electron chi connectivity index (χ2n) is 13.9. The van der Waals surface area contributed by atoms with Gasteiger partial charge < -0.3 is 13.6 Å². The number of aromatic nitrogens is 2. The highest BCUT2D eigenvalue weighted by Gasteiger charge is 2.20. The van der Waals surface area contributed by atoms with Gasteiger partial charge >= 0.3 is 0 Å². The highest BCUT2D eigenvalue weighted by Crippen LogP contribution is 2.43. The Morgan fingerprint density at radius 2 is 0.891 bits per heavy atom. The number of benzene rings is 8. The normalized spacial score (nSPS) is 11.6. The highest BCUT2D eigenvalue weighted by atomic mass is 16.3. The predicted octanol–water partition coefficient (Wildman–Crippen LogP) is 13.5. The molecule has 3 heterocycles. The van der Waals surface area contributed by atoms with Crippen LogP contribution in [0.1, 0.15) is 5.56 Å². The lowest BCUT2D eigenvalue weighted by molar-refractivity contribution is 0.669. The van der Waals surface area contributed by atoms with E-state index in [0.29, 0.717) is 11.3 Å². The molecule has 0 aliphatic heterocycles. The number of rotatable bonds is 4. The molecule has 11 rings (SSSR count). The Hall–Kier alpha value is -7.86. The Morgan fingerprint density at radius 1 is 0.455 bits per heavy atom. The van der Waals surface area contributed by atoms with Crippen LogP contribution in [0.3, 0.4) is 0 Å². The number of nitrogens with zero attached hydrogens (tertiary/aromatic N) is 4. The average Bonchev–Trinajstić information content (AvgIpc) is 3.90. The molecule has 0 aliphatic carbocycles. The smallest absolute Gasteiger partial charge is 0.218 e. The average molecular weight is 701 g/mol. The van der Waals surface area contributed by atoms with Crippen LogP contribution in [0.5, 0.6) is 0 Å². The summed E-state index contributed by atoms with van der Waals surface area (Å²) in [5, 5.41) is 17.3. The quantitative estimate of drug-likeness (QED) is 0.172. The third-order valence-corrected chi connectivity index (χ3v) is 11.0. The van der Waals surface area contributed by atoms with Gasteiger partial charge in [-0.05, 0) is 77.4 Å². The summed E-state index contributed by atoms with van der Waals surface area (Å²) in [5.41, 5.74) is 12.2. The number of nitriles is 1. The molecule has 0 saturated heterocycles. The zero-order valence-corrected chi connectivity index (χ0v) is 29.4. The first-order chi connectivity index (χ1) is 27.2. The van der Waals surface area contributed by atoms with Crippen LogP contribution in [0.2, 0.25) is 0 Å². The molecule has 0 saturated carbocycles. The van der Waals surface area contributed by atoms with Gasteiger partial charge in [0.2, 0.25) is 5.69 Å². The van der Waals surface area contributed by atoms with Crippen LogP contribution < -0.4 is 0 Å². The van der Waals surface area contributed by atoms with E-state index in [0.717, 1.165) is 99.2 Å². The van der Waals surface area contributed by atoms with Crippen LogP contribution in [-0.2, 0) is 0 Å². The van der Waals surface area contributed by atoms with Crippen LogP contribution in [0.15, 0.2) is 174 Å². The fourth-order valence-electron chi connectivity index (χ4n) is 8.62. The monoisotopic (exact) mass is 700 g/mol. The lowest BCUT2D eigenvalue weighted by Gasteiger charge is -2.14. The largest absolute Gasteiger partial charge is 0.456 e. The predicted molar refractivity (Wildman–Crippen MR) is 224 cm³/mol. The molecule has 11 aromatic rings. The summed E-state index contributed by atoms with van der Waals surface area (Å²) in [6.45, 7) is 8.44. The van der Waals surface area contributed by atoms with Crippen LogP contribution in [0.4, 0.5) is 5.69 Å². The van der Waals surface area contributed by atoms with Crippen molar-refractivity contribution in [2.24, 2.45) is 0 Å². The van der Waals surface area contributed by atoms with E-state index in [1.165, 1.54) is 0 Å². The third-order valence-electron chi connectivity index (χ3n) is 11.0. The maximum absolute atomic E-state index is 10.8. The molecule has 0 radical (unpaired) electrons. The SMILES string of the molecule is [C-]#[N+]c1c(-c2ccc3oc4ccc(-c5cccc(-n6c7ccccc7c7ccccc76)c5C#N)cc4c3c2)cccc1-n1c2ccccc2c2ccccc21. The molecule has 5 nitrogen and oxygen atoms in total. The molecule has 0 N–H and O–H groups in total. The summed E-state index contributed by atoms with van der Waals surface area (Å²) in [5.74, 6) is 0. The molecule has 8 aromatic carbocycles. The minimum Gasteiger partial charge on any atom is -0.456 e. The summed E-state index contributed by atoms with van der Waals surface area (Å²) in [4.78, 5) is 4.16. The first kappa shape index (κ1) is 30.7. The molecule has 0 bridgehead atoms. The summed E-state index contributed by atoms with van der Waals surface area (Å²) >= 11 is 0. The lowest BCUT2D eigenvalue weighted by atomic mass is 9.96. The van der Waals surface area contributed by atoms with Gasteiger partial charge in [0.25, 0.3) is 0 Å². The van der Waals surface area contributed by atoms with E-state index < -0.39 is 0 Å². The van der Waals surface area contributed by atoms with Crippen molar-refractivity contribution in [3.8, 4) is 39.7 Å². The first-order valence-electron chi connectivity index (χ1n) is 18.2. The van der Waals surface area contributed by atoms with E-state index in [-0.39, 0.29) is 0 Å². The van der Waals surface area contributed by atoms with Crippen LogP contribution in [0.25, 0.3) is 104 Å². The van der Waals surface area contributed by atoms with Gasteiger partial charge in [0, 0.05) is 37.9 Å². The van der Waals surface area contributed by atoms with Gasteiger partial charge in [-0.15, -0.1) is 0 Å². The Balaban J connectivity index is 1.08. The fourth-order valence-corrected chi connectivity index (χ4v) is 8.62. The fraction of sp³-hybridized carbons (Fsp3) is 0. The van der Waals surface area contributed by atoms with E-state index in [1.807, 2.05) is 84.9 Å². The summed E-state index contributed by atoms with van der Waals surface area (Å²) < 4.78 is 10.8. The van der Waals surface area contributed by atoms with Gasteiger partial charge in [-0.25, -0.2) is 4.85 Å². The number of hydrogen-bond donors (Lipinski definition) is 0. The summed E-state index contributed by atoms with van der Waals surface area (Å²) in [6, 6.07) is 60.5. The Morgan fingerprint density at radius 3 is 1.38 bits per heavy atom. The maximum Gasteiger partial charge on any atom is 0.218 e. The summed E-state index contributed by atoms with van der Waals surface area (Å²) in [6.07, 6.45) is 0. The molecule has 0 fully saturated rings. The van der Waals surface area contributed by atoms with Crippen molar-refractivity contribution in [2.75, 3.05) is 0 Å². The molecular formula is C50H28N4O. The number of fused-ring (bicyclic) bond motifs is 9. The minimum atomic E-state index is 0.586. The lowest BCUT2D eigenvalue weighted by Crippen LogP contribution is -1.99. The van der Waals surface area contributed by atoms with Gasteiger partial charge in [0.15, 0.2) is 0 Å². The zero-order valence-electron chi connectivity index (χ0n) is 29.4. The molecule has 5 heteroatoms.